The average molecular weight is 346 g/mol. The van der Waals surface area contributed by atoms with Crippen LogP contribution in [0.3, 0.4) is 0 Å². The molecule has 128 valence electrons. The molecular weight excluding hydrogens is 324 g/mol. The standard InChI is InChI=1S/C18H22N2O3S/c1-11(2)14-7-5-12(3)9-15(14)23-10-17(21)19-20-18(22)16-8-6-13(4)24-16/h5-9,11H,10H2,1-4H3,(H,19,21)(H,20,22). The van der Waals surface area contributed by atoms with E-state index in [9.17, 15) is 9.59 Å². The number of thiophene rings is 1. The van der Waals surface area contributed by atoms with Gasteiger partial charge in [-0.05, 0) is 49.1 Å². The van der Waals surface area contributed by atoms with Crippen molar-refractivity contribution in [3.63, 3.8) is 0 Å². The normalized spacial score (nSPS) is 10.5. The van der Waals surface area contributed by atoms with E-state index >= 15 is 0 Å². The van der Waals surface area contributed by atoms with Crippen LogP contribution >= 0.6 is 11.3 Å². The summed E-state index contributed by atoms with van der Waals surface area (Å²) in [6.07, 6.45) is 0. The number of amides is 2. The Morgan fingerprint density at radius 1 is 1.12 bits per heavy atom. The van der Waals surface area contributed by atoms with Crippen LogP contribution in [0.15, 0.2) is 30.3 Å². The molecule has 1 heterocycles. The van der Waals surface area contributed by atoms with E-state index in [0.29, 0.717) is 16.5 Å². The van der Waals surface area contributed by atoms with Crippen LogP contribution in [0.4, 0.5) is 0 Å². The van der Waals surface area contributed by atoms with Gasteiger partial charge in [0, 0.05) is 4.88 Å². The lowest BCUT2D eigenvalue weighted by atomic mass is 10.0. The van der Waals surface area contributed by atoms with E-state index in [4.69, 9.17) is 4.74 Å². The summed E-state index contributed by atoms with van der Waals surface area (Å²) in [5, 5.41) is 0. The highest BCUT2D eigenvalue weighted by Gasteiger charge is 2.12. The molecule has 6 heteroatoms. The van der Waals surface area contributed by atoms with Crippen LogP contribution in [0.2, 0.25) is 0 Å². The summed E-state index contributed by atoms with van der Waals surface area (Å²) in [4.78, 5) is 25.3. The van der Waals surface area contributed by atoms with Crippen LogP contribution in [-0.2, 0) is 4.79 Å². The van der Waals surface area contributed by atoms with Crippen molar-refractivity contribution in [3.8, 4) is 5.75 Å². The van der Waals surface area contributed by atoms with E-state index in [-0.39, 0.29) is 12.5 Å². The van der Waals surface area contributed by atoms with Crippen molar-refractivity contribution >= 4 is 23.2 Å². The second-order valence-corrected chi connectivity index (χ2v) is 7.19. The Bertz CT molecular complexity index is 738. The fourth-order valence-corrected chi connectivity index (χ4v) is 2.93. The summed E-state index contributed by atoms with van der Waals surface area (Å²) >= 11 is 1.37. The number of ether oxygens (including phenoxy) is 1. The van der Waals surface area contributed by atoms with Crippen LogP contribution in [0.25, 0.3) is 0 Å². The van der Waals surface area contributed by atoms with Crippen LogP contribution in [0.1, 0.15) is 45.4 Å². The third kappa shape index (κ3) is 4.83. The summed E-state index contributed by atoms with van der Waals surface area (Å²) in [5.41, 5.74) is 6.87. The van der Waals surface area contributed by atoms with E-state index in [1.165, 1.54) is 11.3 Å². The number of carbonyl (C=O) groups is 2. The fourth-order valence-electron chi connectivity index (χ4n) is 2.17. The van der Waals surface area contributed by atoms with Gasteiger partial charge >= 0.3 is 0 Å². The summed E-state index contributed by atoms with van der Waals surface area (Å²) < 4.78 is 5.62. The zero-order valence-electron chi connectivity index (χ0n) is 14.3. The van der Waals surface area contributed by atoms with Crippen molar-refractivity contribution < 1.29 is 14.3 Å². The van der Waals surface area contributed by atoms with Crippen molar-refractivity contribution in [1.82, 2.24) is 10.9 Å². The van der Waals surface area contributed by atoms with Crippen molar-refractivity contribution in [1.29, 1.82) is 0 Å². The van der Waals surface area contributed by atoms with Gasteiger partial charge < -0.3 is 4.74 Å². The van der Waals surface area contributed by atoms with E-state index in [2.05, 4.69) is 24.7 Å². The lowest BCUT2D eigenvalue weighted by molar-refractivity contribution is -0.123. The number of nitrogens with one attached hydrogen (secondary N) is 2. The molecule has 0 spiro atoms. The van der Waals surface area contributed by atoms with Gasteiger partial charge in [0.25, 0.3) is 11.8 Å². The molecule has 0 fully saturated rings. The average Bonchev–Trinajstić information content (AvgIpc) is 2.97. The molecule has 2 amide bonds. The third-order valence-corrected chi connectivity index (χ3v) is 4.43. The Kier molecular flexibility index (Phi) is 5.98. The molecule has 2 N–H and O–H groups in total. The van der Waals surface area contributed by atoms with Crippen molar-refractivity contribution in [2.24, 2.45) is 0 Å². The zero-order chi connectivity index (χ0) is 17.7. The number of rotatable bonds is 5. The summed E-state index contributed by atoms with van der Waals surface area (Å²) in [7, 11) is 0. The molecule has 0 radical (unpaired) electrons. The van der Waals surface area contributed by atoms with Crippen LogP contribution in [-0.4, -0.2) is 18.4 Å². The predicted octanol–water partition coefficient (Wildman–Crippen LogP) is 3.33. The van der Waals surface area contributed by atoms with Gasteiger partial charge in [0.2, 0.25) is 0 Å². The van der Waals surface area contributed by atoms with Gasteiger partial charge in [0.05, 0.1) is 4.88 Å². The fraction of sp³-hybridized carbons (Fsp3) is 0.333. The summed E-state index contributed by atoms with van der Waals surface area (Å²) in [6, 6.07) is 9.52. The van der Waals surface area contributed by atoms with Crippen LogP contribution < -0.4 is 15.6 Å². The highest BCUT2D eigenvalue weighted by Crippen LogP contribution is 2.27. The van der Waals surface area contributed by atoms with Gasteiger partial charge in [0.1, 0.15) is 5.75 Å². The SMILES string of the molecule is Cc1ccc(C(C)C)c(OCC(=O)NNC(=O)c2ccc(C)s2)c1. The molecule has 5 nitrogen and oxygen atoms in total. The Labute approximate surface area is 146 Å². The summed E-state index contributed by atoms with van der Waals surface area (Å²) in [6.45, 7) is 7.87. The minimum Gasteiger partial charge on any atom is -0.483 e. The maximum atomic E-state index is 11.9. The molecule has 0 atom stereocenters. The predicted molar refractivity (Wildman–Crippen MR) is 95.4 cm³/mol. The first-order chi connectivity index (χ1) is 11.4. The Balaban J connectivity index is 1.87. The van der Waals surface area contributed by atoms with Crippen molar-refractivity contribution in [2.45, 2.75) is 33.6 Å². The van der Waals surface area contributed by atoms with Gasteiger partial charge in [-0.2, -0.15) is 0 Å². The second kappa shape index (κ2) is 7.97. The minimum absolute atomic E-state index is 0.160. The molecule has 0 aliphatic heterocycles. The molecule has 1 aromatic heterocycles. The number of hydrogen-bond donors (Lipinski definition) is 2. The van der Waals surface area contributed by atoms with E-state index in [1.54, 1.807) is 6.07 Å². The van der Waals surface area contributed by atoms with E-state index < -0.39 is 5.91 Å². The number of hydrogen-bond acceptors (Lipinski definition) is 4. The molecule has 2 rings (SSSR count). The summed E-state index contributed by atoms with van der Waals surface area (Å²) in [5.74, 6) is 0.249. The molecule has 0 bridgehead atoms. The number of benzene rings is 1. The topological polar surface area (TPSA) is 67.4 Å². The van der Waals surface area contributed by atoms with Crippen LogP contribution in [0, 0.1) is 13.8 Å². The monoisotopic (exact) mass is 346 g/mol. The van der Waals surface area contributed by atoms with Gasteiger partial charge in [-0.1, -0.05) is 26.0 Å². The number of hydrazine groups is 1. The number of aryl methyl sites for hydroxylation is 2. The largest absolute Gasteiger partial charge is 0.483 e. The molecule has 24 heavy (non-hydrogen) atoms. The highest BCUT2D eigenvalue weighted by molar-refractivity contribution is 7.13. The molecule has 2 aromatic rings. The molecule has 0 saturated heterocycles. The zero-order valence-corrected chi connectivity index (χ0v) is 15.1. The molecular formula is C18H22N2O3S. The van der Waals surface area contributed by atoms with Gasteiger partial charge in [0.15, 0.2) is 6.61 Å². The highest BCUT2D eigenvalue weighted by atomic mass is 32.1. The lowest BCUT2D eigenvalue weighted by Crippen LogP contribution is -2.43. The molecule has 1 aromatic carbocycles. The molecule has 0 aliphatic carbocycles. The van der Waals surface area contributed by atoms with Gasteiger partial charge in [-0.3, -0.25) is 20.4 Å². The maximum absolute atomic E-state index is 11.9. The van der Waals surface area contributed by atoms with Crippen molar-refractivity contribution in [3.05, 3.63) is 51.2 Å². The first-order valence-corrected chi connectivity index (χ1v) is 8.57. The smallest absolute Gasteiger partial charge is 0.279 e. The Hall–Kier alpha value is -2.34. The number of carbonyl (C=O) groups excluding carboxylic acids is 2. The molecule has 0 aliphatic rings. The lowest BCUT2D eigenvalue weighted by Gasteiger charge is -2.15. The second-order valence-electron chi connectivity index (χ2n) is 5.90. The maximum Gasteiger partial charge on any atom is 0.279 e. The molecule has 0 saturated carbocycles. The van der Waals surface area contributed by atoms with E-state index in [1.807, 2.05) is 38.1 Å². The van der Waals surface area contributed by atoms with Gasteiger partial charge in [-0.15, -0.1) is 11.3 Å². The van der Waals surface area contributed by atoms with E-state index in [0.717, 1.165) is 16.0 Å². The Morgan fingerprint density at radius 3 is 2.50 bits per heavy atom. The quantitative estimate of drug-likeness (QED) is 0.816. The third-order valence-electron chi connectivity index (χ3n) is 3.43. The minimum atomic E-state index is -0.409. The van der Waals surface area contributed by atoms with Crippen LogP contribution in [0.5, 0.6) is 5.75 Å². The Morgan fingerprint density at radius 2 is 1.88 bits per heavy atom. The molecule has 0 unspecified atom stereocenters. The first kappa shape index (κ1) is 18.0. The first-order valence-electron chi connectivity index (χ1n) is 7.75. The van der Waals surface area contributed by atoms with Crippen molar-refractivity contribution in [2.75, 3.05) is 6.61 Å². The van der Waals surface area contributed by atoms with Gasteiger partial charge in [-0.25, -0.2) is 0 Å².